The van der Waals surface area contributed by atoms with Gasteiger partial charge < -0.3 is 10.5 Å². The second-order valence-electron chi connectivity index (χ2n) is 9.42. The fourth-order valence-electron chi connectivity index (χ4n) is 4.62. The van der Waals surface area contributed by atoms with Gasteiger partial charge in [-0.3, -0.25) is 23.3 Å². The number of benzene rings is 1. The maximum atomic E-state index is 13.6. The molecule has 1 saturated carbocycles. The molecule has 9 nitrogen and oxygen atoms in total. The molecule has 2 atom stereocenters. The molecule has 2 aromatic heterocycles. The molecule has 3 aromatic rings. The average Bonchev–Trinajstić information content (AvgIpc) is 3.23. The summed E-state index contributed by atoms with van der Waals surface area (Å²) >= 11 is 0. The third-order valence-corrected chi connectivity index (χ3v) is 6.68. The minimum Gasteiger partial charge on any atom is -0.461 e. The van der Waals surface area contributed by atoms with Crippen LogP contribution in [0, 0.1) is 5.92 Å². The molecule has 1 aromatic carbocycles. The summed E-state index contributed by atoms with van der Waals surface area (Å²) in [4.78, 5) is 44.1. The van der Waals surface area contributed by atoms with Crippen molar-refractivity contribution in [1.29, 1.82) is 0 Å². The van der Waals surface area contributed by atoms with Gasteiger partial charge in [-0.1, -0.05) is 48.4 Å². The molecule has 0 bridgehead atoms. The number of rotatable bonds is 8. The molecule has 0 spiro atoms. The molecule has 0 amide bonds. The quantitative estimate of drug-likeness (QED) is 0.392. The molecule has 0 radical (unpaired) electrons. The van der Waals surface area contributed by atoms with Crippen LogP contribution in [-0.4, -0.2) is 37.1 Å². The van der Waals surface area contributed by atoms with Crippen LogP contribution in [0.2, 0.25) is 0 Å². The normalized spacial score (nSPS) is 17.9. The Morgan fingerprint density at radius 3 is 2.54 bits per heavy atom. The van der Waals surface area contributed by atoms with E-state index >= 15 is 0 Å². The summed E-state index contributed by atoms with van der Waals surface area (Å²) in [6, 6.07) is 8.92. The number of hydrogen-bond acceptors (Lipinski definition) is 6. The lowest BCUT2D eigenvalue weighted by molar-refractivity contribution is 0.0841. The van der Waals surface area contributed by atoms with E-state index in [9.17, 15) is 14.4 Å². The van der Waals surface area contributed by atoms with E-state index in [2.05, 4.69) is 4.98 Å². The number of ketones is 1. The Morgan fingerprint density at radius 2 is 1.86 bits per heavy atom. The molecule has 2 heterocycles. The molecule has 2 N–H and O–H groups in total. The molecule has 0 saturated heterocycles. The average molecular weight is 480 g/mol. The van der Waals surface area contributed by atoms with Gasteiger partial charge in [-0.15, -0.1) is 0 Å². The lowest BCUT2D eigenvalue weighted by Gasteiger charge is -2.30. The zero-order chi connectivity index (χ0) is 25.1. The van der Waals surface area contributed by atoms with Crippen molar-refractivity contribution in [3.63, 3.8) is 0 Å². The highest BCUT2D eigenvalue weighted by atomic mass is 16.5. The number of carbonyl (C=O) groups excluding carboxylic acids is 1. The lowest BCUT2D eigenvalue weighted by atomic mass is 9.86. The van der Waals surface area contributed by atoms with Gasteiger partial charge in [-0.25, -0.2) is 4.79 Å². The summed E-state index contributed by atoms with van der Waals surface area (Å²) in [7, 11) is 1.55. The standard InChI is InChI=1S/C26H33N5O4/c1-17(2)13-14-30-22-23(28-25(30)35-21-12-8-7-11-19(21)15-27)29(3)26(34)31(24(22)33)16-20(32)18-9-5-4-6-10-18/h4-6,9-10,13,19,21H,7-8,11-12,14-16,27H2,1-3H3/t19-,21+/m1/s1. The lowest BCUT2D eigenvalue weighted by Crippen LogP contribution is -2.41. The number of fused-ring (bicyclic) bond motifs is 1. The van der Waals surface area contributed by atoms with E-state index in [1.807, 2.05) is 19.9 Å². The number of nitrogens with two attached hydrogens (primary N) is 1. The first kappa shape index (κ1) is 24.7. The van der Waals surface area contributed by atoms with Crippen LogP contribution in [0.3, 0.4) is 0 Å². The van der Waals surface area contributed by atoms with Crippen molar-refractivity contribution in [3.05, 3.63) is 68.4 Å². The fourth-order valence-corrected chi connectivity index (χ4v) is 4.62. The second-order valence-corrected chi connectivity index (χ2v) is 9.42. The van der Waals surface area contributed by atoms with Gasteiger partial charge in [0.25, 0.3) is 11.6 Å². The van der Waals surface area contributed by atoms with Crippen LogP contribution < -0.4 is 21.7 Å². The molecule has 1 fully saturated rings. The summed E-state index contributed by atoms with van der Waals surface area (Å²) in [5, 5.41) is 0. The summed E-state index contributed by atoms with van der Waals surface area (Å²) in [6.07, 6.45) is 5.88. The Bertz CT molecular complexity index is 1360. The molecular weight excluding hydrogens is 446 g/mol. The number of aryl methyl sites for hydroxylation is 1. The van der Waals surface area contributed by atoms with Crippen LogP contribution in [0.15, 0.2) is 51.6 Å². The maximum Gasteiger partial charge on any atom is 0.332 e. The molecule has 0 aliphatic heterocycles. The van der Waals surface area contributed by atoms with Crippen LogP contribution >= 0.6 is 0 Å². The molecule has 9 heteroatoms. The van der Waals surface area contributed by atoms with Crippen molar-refractivity contribution >= 4 is 16.9 Å². The van der Waals surface area contributed by atoms with Crippen LogP contribution in [0.4, 0.5) is 0 Å². The number of ether oxygens (including phenoxy) is 1. The predicted octanol–water partition coefficient (Wildman–Crippen LogP) is 2.64. The Labute approximate surface area is 203 Å². The van der Waals surface area contributed by atoms with Gasteiger partial charge in [-0.05, 0) is 39.7 Å². The third kappa shape index (κ3) is 5.00. The number of hydrogen-bond donors (Lipinski definition) is 1. The summed E-state index contributed by atoms with van der Waals surface area (Å²) < 4.78 is 10.3. The molecule has 0 unspecified atom stereocenters. The highest BCUT2D eigenvalue weighted by Crippen LogP contribution is 2.29. The minimum absolute atomic E-state index is 0.102. The predicted molar refractivity (Wildman–Crippen MR) is 135 cm³/mol. The highest BCUT2D eigenvalue weighted by molar-refractivity contribution is 5.95. The Hall–Kier alpha value is -3.46. The number of carbonyl (C=O) groups is 1. The molecule has 35 heavy (non-hydrogen) atoms. The van der Waals surface area contributed by atoms with Gasteiger partial charge in [0.05, 0.1) is 6.54 Å². The van der Waals surface area contributed by atoms with E-state index < -0.39 is 11.2 Å². The van der Waals surface area contributed by atoms with Gasteiger partial charge in [-0.2, -0.15) is 4.98 Å². The van der Waals surface area contributed by atoms with Crippen molar-refractivity contribution in [1.82, 2.24) is 18.7 Å². The molecule has 1 aliphatic rings. The Kier molecular flexibility index (Phi) is 7.35. The monoisotopic (exact) mass is 479 g/mol. The summed E-state index contributed by atoms with van der Waals surface area (Å²) in [6.45, 7) is 4.46. The SMILES string of the molecule is CC(C)=CCn1c(O[C@H]2CCCC[C@@H]2CN)nc2c1c(=O)n(CC(=O)c1ccccc1)c(=O)n2C. The van der Waals surface area contributed by atoms with Crippen molar-refractivity contribution in [3.8, 4) is 6.01 Å². The second kappa shape index (κ2) is 10.4. The summed E-state index contributed by atoms with van der Waals surface area (Å²) in [5.74, 6) is -0.103. The van der Waals surface area contributed by atoms with Crippen LogP contribution in [-0.2, 0) is 20.1 Å². The number of imidazole rings is 1. The van der Waals surface area contributed by atoms with Gasteiger partial charge in [0, 0.05) is 25.1 Å². The maximum absolute atomic E-state index is 13.6. The van der Waals surface area contributed by atoms with Crippen molar-refractivity contribution in [2.45, 2.75) is 58.7 Å². The molecule has 1 aliphatic carbocycles. The van der Waals surface area contributed by atoms with E-state index in [0.29, 0.717) is 24.7 Å². The van der Waals surface area contributed by atoms with Crippen molar-refractivity contribution < 1.29 is 9.53 Å². The molecule has 186 valence electrons. The summed E-state index contributed by atoms with van der Waals surface area (Å²) in [5.41, 5.74) is 6.82. The Balaban J connectivity index is 1.83. The topological polar surface area (TPSA) is 114 Å². The number of nitrogens with zero attached hydrogens (tertiary/aromatic N) is 4. The van der Waals surface area contributed by atoms with Crippen LogP contribution in [0.1, 0.15) is 49.9 Å². The van der Waals surface area contributed by atoms with E-state index in [4.69, 9.17) is 10.5 Å². The first-order valence-electron chi connectivity index (χ1n) is 12.1. The van der Waals surface area contributed by atoms with Crippen molar-refractivity contribution in [2.75, 3.05) is 6.54 Å². The number of allylic oxidation sites excluding steroid dienone is 2. The fraction of sp³-hybridized carbons (Fsp3) is 0.462. The third-order valence-electron chi connectivity index (χ3n) is 6.68. The number of Topliss-reactive ketones (excluding diaryl/α,β-unsaturated/α-hetero) is 1. The van der Waals surface area contributed by atoms with Gasteiger partial charge in [0.15, 0.2) is 16.9 Å². The van der Waals surface area contributed by atoms with Gasteiger partial charge >= 0.3 is 5.69 Å². The minimum atomic E-state index is -0.595. The highest BCUT2D eigenvalue weighted by Gasteiger charge is 2.29. The van der Waals surface area contributed by atoms with E-state index in [0.717, 1.165) is 35.8 Å². The molecular formula is C26H33N5O4. The zero-order valence-corrected chi connectivity index (χ0v) is 20.6. The first-order valence-corrected chi connectivity index (χ1v) is 12.1. The largest absolute Gasteiger partial charge is 0.461 e. The van der Waals surface area contributed by atoms with Gasteiger partial charge in [0.2, 0.25) is 0 Å². The smallest absolute Gasteiger partial charge is 0.332 e. The van der Waals surface area contributed by atoms with E-state index in [-0.39, 0.29) is 35.5 Å². The van der Waals surface area contributed by atoms with Crippen LogP contribution in [0.5, 0.6) is 6.01 Å². The van der Waals surface area contributed by atoms with Gasteiger partial charge in [0.1, 0.15) is 6.10 Å². The Morgan fingerprint density at radius 1 is 1.14 bits per heavy atom. The zero-order valence-electron chi connectivity index (χ0n) is 20.6. The first-order chi connectivity index (χ1) is 16.8. The van der Waals surface area contributed by atoms with E-state index in [1.165, 1.54) is 4.57 Å². The molecule has 4 rings (SSSR count). The van der Waals surface area contributed by atoms with E-state index in [1.54, 1.807) is 41.9 Å². The number of aromatic nitrogens is 4. The van der Waals surface area contributed by atoms with Crippen molar-refractivity contribution in [2.24, 2.45) is 18.7 Å². The van der Waals surface area contributed by atoms with Crippen LogP contribution in [0.25, 0.3) is 11.2 Å².